The van der Waals surface area contributed by atoms with Gasteiger partial charge in [-0.2, -0.15) is 4.31 Å². The van der Waals surface area contributed by atoms with Gasteiger partial charge in [-0.15, -0.1) is 0 Å². The van der Waals surface area contributed by atoms with Crippen molar-refractivity contribution in [2.75, 3.05) is 26.2 Å². The van der Waals surface area contributed by atoms with Gasteiger partial charge in [0.1, 0.15) is 0 Å². The second-order valence-electron chi connectivity index (χ2n) is 8.17. The number of benzene rings is 2. The first-order chi connectivity index (χ1) is 14.8. The monoisotopic (exact) mass is 448 g/mol. The fourth-order valence-electron chi connectivity index (χ4n) is 4.30. The van der Waals surface area contributed by atoms with E-state index in [1.807, 2.05) is 12.1 Å². The Morgan fingerprint density at radius 1 is 0.871 bits per heavy atom. The lowest BCUT2D eigenvalue weighted by molar-refractivity contribution is -0.132. The molecule has 1 amide bonds. The first kappa shape index (κ1) is 21.9. The summed E-state index contributed by atoms with van der Waals surface area (Å²) in [5, 5.41) is 0. The van der Waals surface area contributed by atoms with Gasteiger partial charge in [0.15, 0.2) is 11.6 Å². The molecule has 2 aliphatic rings. The molecule has 166 valence electrons. The number of carbonyl (C=O) groups is 1. The van der Waals surface area contributed by atoms with Crippen LogP contribution >= 0.6 is 0 Å². The number of nitrogens with zero attached hydrogens (tertiary/aromatic N) is 2. The molecule has 1 heterocycles. The number of sulfonamides is 1. The summed E-state index contributed by atoms with van der Waals surface area (Å²) in [5.41, 5.74) is 2.92. The lowest BCUT2D eigenvalue weighted by Crippen LogP contribution is -2.50. The van der Waals surface area contributed by atoms with E-state index in [1.54, 1.807) is 11.0 Å². The Morgan fingerprint density at radius 3 is 2.29 bits per heavy atom. The normalized spacial score (nSPS) is 17.4. The molecule has 8 heteroatoms. The third-order valence-electron chi connectivity index (χ3n) is 6.16. The highest BCUT2D eigenvalue weighted by Crippen LogP contribution is 2.26. The number of hydrogen-bond donors (Lipinski definition) is 0. The van der Waals surface area contributed by atoms with Crippen LogP contribution < -0.4 is 0 Å². The summed E-state index contributed by atoms with van der Waals surface area (Å²) < 4.78 is 53.9. The molecule has 0 spiro atoms. The van der Waals surface area contributed by atoms with Crippen LogP contribution in [0, 0.1) is 11.6 Å². The highest BCUT2D eigenvalue weighted by Gasteiger charge is 2.30. The average molecular weight is 449 g/mol. The van der Waals surface area contributed by atoms with Gasteiger partial charge in [0.2, 0.25) is 15.9 Å². The number of hydrogen-bond acceptors (Lipinski definition) is 3. The smallest absolute Gasteiger partial charge is 0.243 e. The van der Waals surface area contributed by atoms with E-state index in [9.17, 15) is 22.0 Å². The number of piperazine rings is 1. The van der Waals surface area contributed by atoms with Crippen LogP contribution in [0.5, 0.6) is 0 Å². The third kappa shape index (κ3) is 4.80. The van der Waals surface area contributed by atoms with E-state index in [2.05, 4.69) is 0 Å². The van der Waals surface area contributed by atoms with E-state index >= 15 is 0 Å². The van der Waals surface area contributed by atoms with E-state index in [4.69, 9.17) is 0 Å². The maximum atomic E-state index is 13.3. The predicted molar refractivity (Wildman–Crippen MR) is 113 cm³/mol. The van der Waals surface area contributed by atoms with Crippen molar-refractivity contribution in [1.29, 1.82) is 0 Å². The van der Waals surface area contributed by atoms with Crippen LogP contribution in [-0.4, -0.2) is 49.7 Å². The summed E-state index contributed by atoms with van der Waals surface area (Å²) in [5.74, 6) is -1.95. The van der Waals surface area contributed by atoms with Gasteiger partial charge in [-0.25, -0.2) is 17.2 Å². The maximum Gasteiger partial charge on any atom is 0.243 e. The zero-order valence-electron chi connectivity index (χ0n) is 17.3. The van der Waals surface area contributed by atoms with Crippen molar-refractivity contribution in [3.05, 3.63) is 64.7 Å². The van der Waals surface area contributed by atoms with E-state index in [1.165, 1.54) is 15.9 Å². The van der Waals surface area contributed by atoms with Gasteiger partial charge in [0.25, 0.3) is 0 Å². The molecule has 0 saturated carbocycles. The molecule has 0 bridgehead atoms. The lowest BCUT2D eigenvalue weighted by Gasteiger charge is -2.34. The second kappa shape index (κ2) is 9.04. The largest absolute Gasteiger partial charge is 0.340 e. The average Bonchev–Trinajstić information content (AvgIpc) is 2.79. The van der Waals surface area contributed by atoms with Gasteiger partial charge in [-0.1, -0.05) is 12.1 Å². The van der Waals surface area contributed by atoms with Gasteiger partial charge in [0, 0.05) is 32.6 Å². The Kier molecular flexibility index (Phi) is 6.39. The Balaban J connectivity index is 1.34. The Hall–Kier alpha value is -2.32. The summed E-state index contributed by atoms with van der Waals surface area (Å²) >= 11 is 0. The van der Waals surface area contributed by atoms with Crippen molar-refractivity contribution in [2.24, 2.45) is 0 Å². The summed E-state index contributed by atoms with van der Waals surface area (Å²) in [7, 11) is -3.59. The summed E-state index contributed by atoms with van der Waals surface area (Å²) in [4.78, 5) is 14.5. The summed E-state index contributed by atoms with van der Waals surface area (Å²) in [6, 6.07) is 9.06. The molecule has 5 nitrogen and oxygen atoms in total. The molecule has 1 fully saturated rings. The van der Waals surface area contributed by atoms with Crippen molar-refractivity contribution in [3.8, 4) is 0 Å². The molecule has 0 aromatic heterocycles. The van der Waals surface area contributed by atoms with Crippen molar-refractivity contribution in [3.63, 3.8) is 0 Å². The standard InChI is InChI=1S/C23H26F2N2O3S/c24-21-9-5-17(15-22(21)25)6-10-23(28)26-11-13-27(14-12-26)31(29,30)20-8-7-18-3-1-2-4-19(18)16-20/h5,7-9,15-16H,1-4,6,10-14H2. The minimum atomic E-state index is -3.59. The molecule has 0 unspecified atom stereocenters. The third-order valence-corrected chi connectivity index (χ3v) is 8.06. The predicted octanol–water partition coefficient (Wildman–Crippen LogP) is 3.31. The summed E-state index contributed by atoms with van der Waals surface area (Å²) in [6.07, 6.45) is 4.62. The highest BCUT2D eigenvalue weighted by atomic mass is 32.2. The van der Waals surface area contributed by atoms with Crippen molar-refractivity contribution < 1.29 is 22.0 Å². The van der Waals surface area contributed by atoms with Gasteiger partial charge >= 0.3 is 0 Å². The zero-order chi connectivity index (χ0) is 22.0. The minimum Gasteiger partial charge on any atom is -0.340 e. The number of carbonyl (C=O) groups excluding carboxylic acids is 1. The van der Waals surface area contributed by atoms with Crippen LogP contribution in [0.25, 0.3) is 0 Å². The van der Waals surface area contributed by atoms with Crippen molar-refractivity contribution >= 4 is 15.9 Å². The molecule has 2 aromatic carbocycles. The molecule has 1 aliphatic carbocycles. The van der Waals surface area contributed by atoms with Crippen molar-refractivity contribution in [1.82, 2.24) is 9.21 Å². The van der Waals surface area contributed by atoms with E-state index in [0.29, 0.717) is 30.0 Å². The van der Waals surface area contributed by atoms with E-state index in [0.717, 1.165) is 43.4 Å². The second-order valence-corrected chi connectivity index (χ2v) is 10.1. The van der Waals surface area contributed by atoms with Crippen LogP contribution in [0.1, 0.15) is 36.0 Å². The molecular formula is C23H26F2N2O3S. The molecule has 2 aromatic rings. The highest BCUT2D eigenvalue weighted by molar-refractivity contribution is 7.89. The number of halogens is 2. The van der Waals surface area contributed by atoms with Gasteiger partial charge in [-0.3, -0.25) is 4.79 Å². The van der Waals surface area contributed by atoms with E-state index < -0.39 is 21.7 Å². The zero-order valence-corrected chi connectivity index (χ0v) is 18.1. The summed E-state index contributed by atoms with van der Waals surface area (Å²) in [6.45, 7) is 1.13. The number of amides is 1. The molecule has 1 aliphatic heterocycles. The van der Waals surface area contributed by atoms with Crippen LogP contribution in [0.2, 0.25) is 0 Å². The molecule has 0 atom stereocenters. The lowest BCUT2D eigenvalue weighted by atomic mass is 9.92. The maximum absolute atomic E-state index is 13.3. The quantitative estimate of drug-likeness (QED) is 0.705. The topological polar surface area (TPSA) is 57.7 Å². The molecule has 4 rings (SSSR count). The van der Waals surface area contributed by atoms with Crippen LogP contribution in [-0.2, 0) is 34.1 Å². The van der Waals surface area contributed by atoms with Gasteiger partial charge < -0.3 is 4.90 Å². The van der Waals surface area contributed by atoms with Gasteiger partial charge in [-0.05, 0) is 73.1 Å². The first-order valence-corrected chi connectivity index (χ1v) is 12.1. The minimum absolute atomic E-state index is 0.115. The van der Waals surface area contributed by atoms with E-state index in [-0.39, 0.29) is 25.4 Å². The van der Waals surface area contributed by atoms with Crippen LogP contribution in [0.15, 0.2) is 41.3 Å². The molecule has 0 radical (unpaired) electrons. The SMILES string of the molecule is O=C(CCc1ccc(F)c(F)c1)N1CCN(S(=O)(=O)c2ccc3c(c2)CCCC3)CC1. The molecule has 0 N–H and O–H groups in total. The van der Waals surface area contributed by atoms with Crippen molar-refractivity contribution in [2.45, 2.75) is 43.4 Å². The Bertz CT molecular complexity index is 1080. The fraction of sp³-hybridized carbons (Fsp3) is 0.435. The molecule has 31 heavy (non-hydrogen) atoms. The molecule has 1 saturated heterocycles. The molecular weight excluding hydrogens is 422 g/mol. The first-order valence-electron chi connectivity index (χ1n) is 10.7. The van der Waals surface area contributed by atoms with Crippen LogP contribution in [0.3, 0.4) is 0 Å². The van der Waals surface area contributed by atoms with Crippen LogP contribution in [0.4, 0.5) is 8.78 Å². The Labute approximate surface area is 181 Å². The Morgan fingerprint density at radius 2 is 1.58 bits per heavy atom. The fourth-order valence-corrected chi connectivity index (χ4v) is 5.78. The number of rotatable bonds is 5. The number of fused-ring (bicyclic) bond motifs is 1. The number of aryl methyl sites for hydroxylation is 3. The van der Waals surface area contributed by atoms with Gasteiger partial charge in [0.05, 0.1) is 4.90 Å².